The van der Waals surface area contributed by atoms with Crippen LogP contribution in [-0.2, 0) is 40.1 Å². The molecule has 2 aliphatic heterocycles. The van der Waals surface area contributed by atoms with E-state index in [2.05, 4.69) is 58.3 Å². The van der Waals surface area contributed by atoms with Crippen molar-refractivity contribution in [1.82, 2.24) is 43.5 Å². The Morgan fingerprint density at radius 2 is 0.669 bits per heavy atom. The van der Waals surface area contributed by atoms with Crippen LogP contribution in [-0.4, -0.2) is 162 Å². The third-order valence-electron chi connectivity index (χ3n) is 18.4. The lowest BCUT2D eigenvalue weighted by Gasteiger charge is -2.33. The monoisotopic (exact) mass is 1800 g/mol. The van der Waals surface area contributed by atoms with Gasteiger partial charge in [-0.05, 0) is 225 Å². The minimum atomic E-state index is -4.68. The third-order valence-corrected chi connectivity index (χ3v) is 25.8. The van der Waals surface area contributed by atoms with E-state index in [1.54, 1.807) is 122 Å². The molecule has 4 amide bonds. The summed E-state index contributed by atoms with van der Waals surface area (Å²) in [5.41, 5.74) is 8.64. The van der Waals surface area contributed by atoms with Gasteiger partial charge in [0, 0.05) is 144 Å². The molecule has 4 aromatic heterocycles. The Bertz CT molecular complexity index is 6150. The van der Waals surface area contributed by atoms with Gasteiger partial charge in [0.1, 0.15) is 6.54 Å². The zero-order chi connectivity index (χ0) is 86.7. The van der Waals surface area contributed by atoms with Crippen LogP contribution in [0.5, 0.6) is 0 Å². The Morgan fingerprint density at radius 1 is 0.388 bits per heavy atom. The summed E-state index contributed by atoms with van der Waals surface area (Å²) in [6, 6.07) is 63.9. The van der Waals surface area contributed by atoms with E-state index < -0.39 is 63.6 Å². The number of carbonyl (C=O) groups is 4. The second-order valence-corrected chi connectivity index (χ2v) is 35.4. The second kappa shape index (κ2) is 40.9. The maximum Gasteiger partial charge on any atom is 0.402 e. The Morgan fingerprint density at radius 3 is 0.934 bits per heavy atom. The van der Waals surface area contributed by atoms with E-state index in [4.69, 9.17) is 51.5 Å². The summed E-state index contributed by atoms with van der Waals surface area (Å²) in [5.74, 6) is -1.62. The number of hydrogen-bond acceptors (Lipinski definition) is 18. The molecule has 12 aromatic rings. The van der Waals surface area contributed by atoms with E-state index >= 15 is 0 Å². The normalized spacial score (nSPS) is 13.4. The quantitative estimate of drug-likeness (QED) is 0.0351. The number of pyridine rings is 4. The predicted octanol–water partition coefficient (Wildman–Crippen LogP) is 15.0. The van der Waals surface area contributed by atoms with Crippen molar-refractivity contribution in [3.8, 4) is 45.0 Å². The first-order valence-corrected chi connectivity index (χ1v) is 44.2. The molecule has 0 atom stereocenters. The number of nitrogens with one attached hydrogen (secondary N) is 6. The highest BCUT2D eigenvalue weighted by Gasteiger charge is 2.32. The molecule has 0 radical (unpaired) electrons. The number of nitrogens with two attached hydrogens (primary N) is 1. The van der Waals surface area contributed by atoms with Gasteiger partial charge < -0.3 is 31.5 Å². The van der Waals surface area contributed by atoms with Gasteiger partial charge in [0.25, 0.3) is 23.6 Å². The van der Waals surface area contributed by atoms with E-state index in [1.807, 2.05) is 48.5 Å². The highest BCUT2D eigenvalue weighted by Crippen LogP contribution is 2.35. The Labute approximate surface area is 716 Å². The summed E-state index contributed by atoms with van der Waals surface area (Å²) < 4.78 is 139. The number of piperazine rings is 2. The number of nitrogens with zero attached hydrogens (tertiary/aromatic N) is 7. The van der Waals surface area contributed by atoms with Crippen LogP contribution in [0.4, 0.5) is 35.9 Å². The fraction of sp³-hybridized carbons (Fsp3) is 0.143. The van der Waals surface area contributed by atoms with Gasteiger partial charge in [0.05, 0.1) is 62.4 Å². The average molecular weight is 1800 g/mol. The molecular formula is C84H75Cl4F3N14O12S4. The molecule has 2 aliphatic rings. The summed E-state index contributed by atoms with van der Waals surface area (Å²) in [5, 5.41) is 21.3. The van der Waals surface area contributed by atoms with Crippen molar-refractivity contribution in [3.05, 3.63) is 310 Å². The second-order valence-electron chi connectivity index (χ2n) is 26.5. The number of carbonyl (C=O) groups excluding carboxylic acids is 4. The summed E-state index contributed by atoms with van der Waals surface area (Å²) in [7, 11) is -15.3. The molecule has 8 N–H and O–H groups in total. The van der Waals surface area contributed by atoms with E-state index in [9.17, 15) is 66.0 Å². The first-order valence-electron chi connectivity index (χ1n) is 36.7. The first kappa shape index (κ1) is 90.5. The Hall–Kier alpha value is -11.3. The molecule has 0 spiro atoms. The minimum absolute atomic E-state index is 0.0574. The molecule has 8 aromatic carbocycles. The van der Waals surface area contributed by atoms with Crippen LogP contribution in [0.3, 0.4) is 0 Å². The number of aromatic nitrogens is 4. The van der Waals surface area contributed by atoms with Gasteiger partial charge in [0.15, 0.2) is 0 Å². The van der Waals surface area contributed by atoms with E-state index in [1.165, 1.54) is 98.3 Å². The number of alkyl halides is 3. The minimum Gasteiger partial charge on any atom is -0.322 e. The van der Waals surface area contributed by atoms with Crippen LogP contribution in [0.1, 0.15) is 48.4 Å². The van der Waals surface area contributed by atoms with E-state index in [0.717, 1.165) is 31.8 Å². The molecule has 2 fully saturated rings. The van der Waals surface area contributed by atoms with Crippen molar-refractivity contribution >= 4 is 133 Å². The number of hydrogen-bond donors (Lipinski definition) is 7. The van der Waals surface area contributed by atoms with Crippen molar-refractivity contribution in [2.75, 3.05) is 86.7 Å². The van der Waals surface area contributed by atoms with E-state index in [0.29, 0.717) is 144 Å². The standard InChI is InChI=1S/C24H25ClN4O3S.C22H21ClN4O3S.C20H15ClF3N3O3S.C18H14ClN3O3S/c1-2-28-13-15-29(16-14-28)33(31,32)20-9-6-18(7-10-20)24(30)27-19-8-11-22(25)21(17-19)23-5-3-4-12-26-23;23-20-9-6-17(15-19(20)21-3-1-2-10-25-21)26-22(28)16-4-7-18(8-5-16)31(29,30)27-13-11-24-12-14-27;21-17-9-6-14(11-16(17)18-3-1-2-10-25-18)27-19(28)13-4-7-15(8-5-13)31(29,30)26-12-20(22,23)24;19-16-9-6-13(11-15(16)17-3-1-2-10-21-17)22-18(23)12-4-7-14(8-5-12)26(20,24)25/h3-12,17H,2,13-16H2,1H3,(H,27,30);1-10,15,24H,11-14H2,(H,26,28);1-11,26H,12H2,(H,27,28);1-11H,(H,22,23)(H2,20,24,25). The number of halogens is 7. The van der Waals surface area contributed by atoms with Crippen LogP contribution < -0.4 is 36.4 Å². The Balaban J connectivity index is 0.000000158. The van der Waals surface area contributed by atoms with Crippen molar-refractivity contribution < 1.29 is 66.0 Å². The highest BCUT2D eigenvalue weighted by atomic mass is 35.5. The fourth-order valence-electron chi connectivity index (χ4n) is 12.0. The Kier molecular flexibility index (Phi) is 30.6. The lowest BCUT2D eigenvalue weighted by Crippen LogP contribution is -2.48. The summed E-state index contributed by atoms with van der Waals surface area (Å²) in [6.45, 7) is 5.78. The molecule has 14 rings (SSSR count). The summed E-state index contributed by atoms with van der Waals surface area (Å²) in [6.07, 6.45) is 1.93. The van der Waals surface area contributed by atoms with Crippen LogP contribution in [0.15, 0.2) is 287 Å². The SMILES string of the molecule is CCN1CCN(S(=O)(=O)c2ccc(C(=O)Nc3ccc(Cl)c(-c4ccccn4)c3)cc2)CC1.NS(=O)(=O)c1ccc(C(=O)Nc2ccc(Cl)c(-c3ccccn3)c2)cc1.O=C(Nc1ccc(Cl)c(-c2ccccn2)c1)c1ccc(S(=O)(=O)N2CCNCC2)cc1.O=C(Nc1ccc(Cl)c(-c2ccccn2)c1)c1ccc(S(=O)(=O)NCC(F)(F)F)cc1. The molecule has 0 saturated carbocycles. The number of likely N-dealkylation sites (N-methyl/N-ethyl adjacent to an activating group) is 1. The van der Waals surface area contributed by atoms with Crippen molar-refractivity contribution in [3.63, 3.8) is 0 Å². The van der Waals surface area contributed by atoms with Crippen LogP contribution >= 0.6 is 46.4 Å². The molecule has 6 heterocycles. The molecular weight excluding hydrogens is 1720 g/mol. The van der Waals surface area contributed by atoms with Crippen molar-refractivity contribution in [2.45, 2.75) is 32.7 Å². The van der Waals surface area contributed by atoms with Gasteiger partial charge in [-0.3, -0.25) is 39.1 Å². The number of primary sulfonamides is 1. The molecule has 0 aliphatic carbocycles. The van der Waals surface area contributed by atoms with Gasteiger partial charge >= 0.3 is 6.18 Å². The number of rotatable bonds is 21. The van der Waals surface area contributed by atoms with Gasteiger partial charge in [-0.2, -0.15) is 21.8 Å². The molecule has 26 nitrogen and oxygen atoms in total. The number of benzene rings is 8. The van der Waals surface area contributed by atoms with Crippen molar-refractivity contribution in [1.29, 1.82) is 0 Å². The topological polar surface area (TPSA) is 364 Å². The predicted molar refractivity (Wildman–Crippen MR) is 461 cm³/mol. The maximum atomic E-state index is 12.9. The van der Waals surface area contributed by atoms with Gasteiger partial charge in [-0.1, -0.05) is 77.6 Å². The van der Waals surface area contributed by atoms with Gasteiger partial charge in [0.2, 0.25) is 40.1 Å². The largest absolute Gasteiger partial charge is 0.402 e. The zero-order valence-corrected chi connectivity index (χ0v) is 70.1. The van der Waals surface area contributed by atoms with Crippen molar-refractivity contribution in [2.24, 2.45) is 5.14 Å². The lowest BCUT2D eigenvalue weighted by molar-refractivity contribution is -0.121. The maximum absolute atomic E-state index is 12.9. The van der Waals surface area contributed by atoms with Crippen LogP contribution in [0.25, 0.3) is 45.0 Å². The van der Waals surface area contributed by atoms with E-state index in [-0.39, 0.29) is 38.0 Å². The molecule has 121 heavy (non-hydrogen) atoms. The highest BCUT2D eigenvalue weighted by molar-refractivity contribution is 7.90. The average Bonchev–Trinajstić information content (AvgIpc) is 0.793. The number of amides is 4. The zero-order valence-electron chi connectivity index (χ0n) is 63.9. The molecule has 2 saturated heterocycles. The third kappa shape index (κ3) is 24.8. The number of sulfonamides is 4. The van der Waals surface area contributed by atoms with Crippen LogP contribution in [0.2, 0.25) is 20.1 Å². The smallest absolute Gasteiger partial charge is 0.322 e. The molecule has 0 unspecified atom stereocenters. The summed E-state index contributed by atoms with van der Waals surface area (Å²) in [4.78, 5) is 69.5. The number of anilines is 4. The molecule has 37 heteroatoms. The fourth-order valence-corrected chi connectivity index (χ4v) is 17.2. The van der Waals surface area contributed by atoms with Crippen LogP contribution in [0, 0.1) is 0 Å². The van der Waals surface area contributed by atoms with Gasteiger partial charge in [-0.15, -0.1) is 0 Å². The first-order chi connectivity index (χ1) is 57.7. The lowest BCUT2D eigenvalue weighted by atomic mass is 10.1. The van der Waals surface area contributed by atoms with Gasteiger partial charge in [-0.25, -0.2) is 43.5 Å². The molecule has 626 valence electrons. The molecule has 0 bridgehead atoms. The summed E-state index contributed by atoms with van der Waals surface area (Å²) >= 11 is 25.0.